The van der Waals surface area contributed by atoms with Crippen LogP contribution in [0.5, 0.6) is 0 Å². The first-order chi connectivity index (χ1) is 17.3. The Morgan fingerprint density at radius 3 is 1.83 bits per heavy atom. The van der Waals surface area contributed by atoms with Crippen LogP contribution in [0, 0.1) is 3.57 Å². The molecule has 1 atom stereocenters. The number of halogens is 1. The van der Waals surface area contributed by atoms with Crippen LogP contribution in [0.15, 0.2) is 121 Å². The summed E-state index contributed by atoms with van der Waals surface area (Å²) in [6.45, 7) is 0. The molecule has 7 rings (SSSR count). The van der Waals surface area contributed by atoms with Gasteiger partial charge in [0.1, 0.15) is 0 Å². The van der Waals surface area contributed by atoms with Crippen molar-refractivity contribution in [2.24, 2.45) is 0 Å². The van der Waals surface area contributed by atoms with E-state index in [0.29, 0.717) is 0 Å². The Morgan fingerprint density at radius 2 is 1.14 bits per heavy atom. The third-order valence-corrected chi connectivity index (χ3v) is 7.48. The molecule has 0 bridgehead atoms. The van der Waals surface area contributed by atoms with Crippen molar-refractivity contribution >= 4 is 51.0 Å². The van der Waals surface area contributed by atoms with E-state index in [1.807, 2.05) is 0 Å². The van der Waals surface area contributed by atoms with E-state index in [2.05, 4.69) is 159 Å². The summed E-state index contributed by atoms with van der Waals surface area (Å²) in [7, 11) is 0. The molecule has 168 valence electrons. The number of nitrogens with zero attached hydrogens (tertiary/aromatic N) is 2. The highest BCUT2D eigenvalue weighted by atomic mass is 127. The second kappa shape index (κ2) is 8.17. The lowest BCUT2D eigenvalue weighted by Gasteiger charge is -2.29. The SMILES string of the molecule is Ic1ccc2c(c1)N1c3ccccc3NC1N2c1cc(-c2ccccc2)cc(-c2ccccc2)c1. The molecule has 0 aromatic heterocycles. The molecule has 0 radical (unpaired) electrons. The lowest BCUT2D eigenvalue weighted by Crippen LogP contribution is -2.40. The maximum absolute atomic E-state index is 3.78. The predicted octanol–water partition coefficient (Wildman–Crippen LogP) is 8.62. The van der Waals surface area contributed by atoms with Gasteiger partial charge in [-0.15, -0.1) is 0 Å². The summed E-state index contributed by atoms with van der Waals surface area (Å²) in [5.41, 5.74) is 10.8. The number of anilines is 5. The Labute approximate surface area is 218 Å². The molecule has 3 nitrogen and oxygen atoms in total. The first-order valence-corrected chi connectivity index (χ1v) is 12.8. The van der Waals surface area contributed by atoms with Crippen LogP contribution in [-0.4, -0.2) is 6.29 Å². The summed E-state index contributed by atoms with van der Waals surface area (Å²) in [6.07, 6.45) is -0.0183. The van der Waals surface area contributed by atoms with Gasteiger partial charge in [-0.05, 0) is 93.4 Å². The molecule has 0 saturated heterocycles. The van der Waals surface area contributed by atoms with Crippen LogP contribution in [0.1, 0.15) is 0 Å². The zero-order chi connectivity index (χ0) is 23.4. The van der Waals surface area contributed by atoms with Crippen LogP contribution in [-0.2, 0) is 0 Å². The predicted molar refractivity (Wildman–Crippen MR) is 155 cm³/mol. The van der Waals surface area contributed by atoms with Gasteiger partial charge in [-0.1, -0.05) is 72.8 Å². The first kappa shape index (κ1) is 20.6. The normalized spacial score (nSPS) is 15.4. The zero-order valence-corrected chi connectivity index (χ0v) is 21.1. The molecule has 1 N–H and O–H groups in total. The van der Waals surface area contributed by atoms with Crippen LogP contribution in [0.3, 0.4) is 0 Å². The van der Waals surface area contributed by atoms with E-state index in [1.165, 1.54) is 48.6 Å². The maximum atomic E-state index is 3.78. The van der Waals surface area contributed by atoms with Gasteiger partial charge in [0.2, 0.25) is 0 Å². The molecule has 0 amide bonds. The first-order valence-electron chi connectivity index (χ1n) is 11.8. The average Bonchev–Trinajstić information content (AvgIpc) is 3.44. The molecule has 35 heavy (non-hydrogen) atoms. The number of nitrogens with one attached hydrogen (secondary N) is 1. The van der Waals surface area contributed by atoms with E-state index in [9.17, 15) is 0 Å². The fraction of sp³-hybridized carbons (Fsp3) is 0.0323. The van der Waals surface area contributed by atoms with Gasteiger partial charge >= 0.3 is 0 Å². The Morgan fingerprint density at radius 1 is 0.514 bits per heavy atom. The lowest BCUT2D eigenvalue weighted by molar-refractivity contribution is 0.808. The van der Waals surface area contributed by atoms with Gasteiger partial charge in [0.15, 0.2) is 6.29 Å². The highest BCUT2D eigenvalue weighted by Gasteiger charge is 2.43. The summed E-state index contributed by atoms with van der Waals surface area (Å²) in [4.78, 5) is 4.86. The largest absolute Gasteiger partial charge is 0.346 e. The van der Waals surface area contributed by atoms with Crippen molar-refractivity contribution in [1.82, 2.24) is 0 Å². The topological polar surface area (TPSA) is 18.5 Å². The van der Waals surface area contributed by atoms with Crippen molar-refractivity contribution in [3.63, 3.8) is 0 Å². The molecule has 2 aliphatic rings. The Bertz CT molecular complexity index is 1490. The van der Waals surface area contributed by atoms with Gasteiger partial charge in [0, 0.05) is 9.26 Å². The van der Waals surface area contributed by atoms with Gasteiger partial charge < -0.3 is 10.2 Å². The molecule has 0 spiro atoms. The molecule has 5 aromatic carbocycles. The molecule has 0 aliphatic carbocycles. The Kier molecular flexibility index (Phi) is 4.81. The van der Waals surface area contributed by atoms with E-state index in [1.54, 1.807) is 0 Å². The number of fused-ring (bicyclic) bond motifs is 5. The smallest absolute Gasteiger partial charge is 0.187 e. The van der Waals surface area contributed by atoms with Crippen LogP contribution in [0.25, 0.3) is 22.3 Å². The molecule has 0 saturated carbocycles. The molecular formula is C31H22IN3. The van der Waals surface area contributed by atoms with Gasteiger partial charge in [0.25, 0.3) is 0 Å². The standard InChI is InChI=1S/C31H22IN3/c32-25-15-16-29-30(20-25)35-28-14-8-7-13-27(28)33-31(35)34(29)26-18-23(21-9-3-1-4-10-21)17-24(19-26)22-11-5-2-6-12-22/h1-20,31,33H. The summed E-state index contributed by atoms with van der Waals surface area (Å²) < 4.78 is 1.23. The third-order valence-electron chi connectivity index (χ3n) is 6.80. The van der Waals surface area contributed by atoms with Crippen molar-refractivity contribution in [2.45, 2.75) is 6.29 Å². The maximum Gasteiger partial charge on any atom is 0.187 e. The minimum Gasteiger partial charge on any atom is -0.346 e. The molecule has 2 aliphatic heterocycles. The van der Waals surface area contributed by atoms with Crippen LogP contribution >= 0.6 is 22.6 Å². The minimum atomic E-state index is -0.0183. The number of rotatable bonds is 3. The van der Waals surface area contributed by atoms with E-state index in [0.717, 1.165) is 5.69 Å². The summed E-state index contributed by atoms with van der Waals surface area (Å²) >= 11 is 2.41. The Balaban J connectivity index is 1.45. The van der Waals surface area contributed by atoms with Crippen molar-refractivity contribution in [3.05, 3.63) is 125 Å². The lowest BCUT2D eigenvalue weighted by atomic mass is 9.97. The minimum absolute atomic E-state index is 0.0183. The third kappa shape index (κ3) is 3.40. The summed E-state index contributed by atoms with van der Waals surface area (Å²) in [5.74, 6) is 0. The second-order valence-electron chi connectivity index (χ2n) is 8.91. The summed E-state index contributed by atoms with van der Waals surface area (Å²) in [5, 5.41) is 3.78. The summed E-state index contributed by atoms with van der Waals surface area (Å²) in [6, 6.07) is 43.5. The number of benzene rings is 5. The highest BCUT2D eigenvalue weighted by molar-refractivity contribution is 14.1. The van der Waals surface area contributed by atoms with Gasteiger partial charge in [-0.25, -0.2) is 0 Å². The van der Waals surface area contributed by atoms with Crippen molar-refractivity contribution in [1.29, 1.82) is 0 Å². The van der Waals surface area contributed by atoms with Gasteiger partial charge in [-0.2, -0.15) is 0 Å². The van der Waals surface area contributed by atoms with Crippen molar-refractivity contribution in [3.8, 4) is 22.3 Å². The monoisotopic (exact) mass is 563 g/mol. The van der Waals surface area contributed by atoms with Crippen molar-refractivity contribution in [2.75, 3.05) is 15.1 Å². The quantitative estimate of drug-likeness (QED) is 0.222. The van der Waals surface area contributed by atoms with Gasteiger partial charge in [-0.3, -0.25) is 4.90 Å². The van der Waals surface area contributed by atoms with E-state index in [-0.39, 0.29) is 6.29 Å². The van der Waals surface area contributed by atoms with Crippen LogP contribution in [0.2, 0.25) is 0 Å². The van der Waals surface area contributed by atoms with E-state index in [4.69, 9.17) is 0 Å². The Hall–Kier alpha value is -3.77. The molecule has 5 aromatic rings. The average molecular weight is 563 g/mol. The second-order valence-corrected chi connectivity index (χ2v) is 10.2. The number of para-hydroxylation sites is 2. The van der Waals surface area contributed by atoms with Gasteiger partial charge in [0.05, 0.1) is 22.7 Å². The molecule has 4 heteroatoms. The van der Waals surface area contributed by atoms with E-state index >= 15 is 0 Å². The van der Waals surface area contributed by atoms with Crippen LogP contribution in [0.4, 0.5) is 28.4 Å². The zero-order valence-electron chi connectivity index (χ0n) is 18.9. The van der Waals surface area contributed by atoms with Crippen molar-refractivity contribution < 1.29 is 0 Å². The van der Waals surface area contributed by atoms with E-state index < -0.39 is 0 Å². The number of hydrogen-bond acceptors (Lipinski definition) is 3. The molecule has 2 heterocycles. The van der Waals surface area contributed by atoms with Crippen LogP contribution < -0.4 is 15.1 Å². The highest BCUT2D eigenvalue weighted by Crippen LogP contribution is 2.53. The molecule has 0 fully saturated rings. The molecular weight excluding hydrogens is 541 g/mol. The number of hydrogen-bond donors (Lipinski definition) is 1. The molecule has 1 unspecified atom stereocenters. The fourth-order valence-electron chi connectivity index (χ4n) is 5.23. The fourth-order valence-corrected chi connectivity index (χ4v) is 5.71.